The van der Waals surface area contributed by atoms with Crippen LogP contribution in [0.5, 0.6) is 11.5 Å². The van der Waals surface area contributed by atoms with Gasteiger partial charge in [0.1, 0.15) is 0 Å². The molecule has 1 aliphatic rings. The van der Waals surface area contributed by atoms with Crippen LogP contribution in [0, 0.1) is 3.57 Å². The van der Waals surface area contributed by atoms with Gasteiger partial charge in [-0.05, 0) is 71.1 Å². The minimum Gasteiger partial charge on any atom is -0.493 e. The Morgan fingerprint density at radius 1 is 1.15 bits per heavy atom. The van der Waals surface area contributed by atoms with E-state index in [0.717, 1.165) is 20.9 Å². The van der Waals surface area contributed by atoms with Crippen molar-refractivity contribution in [3.8, 4) is 11.5 Å². The van der Waals surface area contributed by atoms with Gasteiger partial charge >= 0.3 is 0 Å². The van der Waals surface area contributed by atoms with E-state index >= 15 is 0 Å². The molecule has 3 rings (SSSR count). The van der Waals surface area contributed by atoms with Crippen LogP contribution in [-0.2, 0) is 11.3 Å². The van der Waals surface area contributed by atoms with Crippen LogP contribution in [0.3, 0.4) is 0 Å². The molecule has 1 saturated heterocycles. The number of ether oxygens (including phenoxy) is 2. The molecule has 140 valence electrons. The number of amides is 2. The lowest BCUT2D eigenvalue weighted by Crippen LogP contribution is -2.27. The molecule has 0 aromatic heterocycles. The van der Waals surface area contributed by atoms with Gasteiger partial charge in [0.15, 0.2) is 11.5 Å². The smallest absolute Gasteiger partial charge is 0.293 e. The zero-order chi connectivity index (χ0) is 19.4. The van der Waals surface area contributed by atoms with Crippen LogP contribution in [-0.4, -0.2) is 29.8 Å². The van der Waals surface area contributed by atoms with E-state index in [-0.39, 0.29) is 17.7 Å². The average molecular weight is 495 g/mol. The predicted octanol–water partition coefficient (Wildman–Crippen LogP) is 4.94. The summed E-state index contributed by atoms with van der Waals surface area (Å²) in [4.78, 5) is 26.8. The van der Waals surface area contributed by atoms with Crippen molar-refractivity contribution in [2.24, 2.45) is 0 Å². The largest absolute Gasteiger partial charge is 0.493 e. The van der Waals surface area contributed by atoms with Crippen molar-refractivity contribution >= 4 is 51.6 Å². The molecular formula is C20H18INO4S. The molecule has 7 heteroatoms. The van der Waals surface area contributed by atoms with Gasteiger partial charge in [0.05, 0.1) is 25.2 Å². The second kappa shape index (κ2) is 8.79. The van der Waals surface area contributed by atoms with E-state index in [0.29, 0.717) is 28.6 Å². The van der Waals surface area contributed by atoms with Gasteiger partial charge in [0.2, 0.25) is 0 Å². The third kappa shape index (κ3) is 4.47. The van der Waals surface area contributed by atoms with Crippen LogP contribution in [0.1, 0.15) is 18.1 Å². The lowest BCUT2D eigenvalue weighted by atomic mass is 10.1. The summed E-state index contributed by atoms with van der Waals surface area (Å²) in [6.07, 6.45) is 1.69. The van der Waals surface area contributed by atoms with E-state index in [9.17, 15) is 9.59 Å². The maximum absolute atomic E-state index is 12.8. The lowest BCUT2D eigenvalue weighted by Gasteiger charge is -2.13. The Labute approximate surface area is 175 Å². The third-order valence-electron chi connectivity index (χ3n) is 3.93. The van der Waals surface area contributed by atoms with Gasteiger partial charge in [0.25, 0.3) is 11.1 Å². The topological polar surface area (TPSA) is 55.8 Å². The highest BCUT2D eigenvalue weighted by Crippen LogP contribution is 2.37. The fourth-order valence-electron chi connectivity index (χ4n) is 2.66. The first-order chi connectivity index (χ1) is 13.0. The number of imide groups is 1. The van der Waals surface area contributed by atoms with Gasteiger partial charge in [0, 0.05) is 9.13 Å². The summed E-state index contributed by atoms with van der Waals surface area (Å²) in [6, 6.07) is 13.2. The number of halogens is 1. The molecule has 5 nitrogen and oxygen atoms in total. The highest BCUT2D eigenvalue weighted by molar-refractivity contribution is 14.1. The van der Waals surface area contributed by atoms with Crippen LogP contribution in [0.25, 0.3) is 6.08 Å². The molecule has 0 saturated carbocycles. The third-order valence-corrected chi connectivity index (χ3v) is 5.56. The fourth-order valence-corrected chi connectivity index (χ4v) is 3.84. The monoisotopic (exact) mass is 495 g/mol. The quantitative estimate of drug-likeness (QED) is 0.420. The van der Waals surface area contributed by atoms with Crippen molar-refractivity contribution in [1.29, 1.82) is 0 Å². The SMILES string of the molecule is CCOc1c(/C=C2/SC(=O)N(Cc3ccc(I)cc3)C2=O)cccc1OC. The van der Waals surface area contributed by atoms with Gasteiger partial charge in [-0.25, -0.2) is 0 Å². The molecule has 0 aliphatic carbocycles. The number of carbonyl (C=O) groups excluding carboxylic acids is 2. The molecular weight excluding hydrogens is 477 g/mol. The molecule has 2 aromatic carbocycles. The number of para-hydroxylation sites is 1. The molecule has 2 amide bonds. The van der Waals surface area contributed by atoms with Crippen molar-refractivity contribution in [3.63, 3.8) is 0 Å². The lowest BCUT2D eigenvalue weighted by molar-refractivity contribution is -0.123. The number of benzene rings is 2. The highest BCUT2D eigenvalue weighted by Gasteiger charge is 2.35. The number of rotatable bonds is 6. The molecule has 0 bridgehead atoms. The van der Waals surface area contributed by atoms with E-state index in [4.69, 9.17) is 9.47 Å². The van der Waals surface area contributed by atoms with Crippen LogP contribution in [0.4, 0.5) is 4.79 Å². The second-order valence-corrected chi connectivity index (χ2v) is 7.94. The van der Waals surface area contributed by atoms with Gasteiger partial charge in [-0.3, -0.25) is 14.5 Å². The van der Waals surface area contributed by atoms with E-state index in [1.165, 1.54) is 4.90 Å². The first-order valence-electron chi connectivity index (χ1n) is 8.33. The van der Waals surface area contributed by atoms with E-state index in [2.05, 4.69) is 22.6 Å². The normalized spacial score (nSPS) is 15.5. The summed E-state index contributed by atoms with van der Waals surface area (Å²) in [7, 11) is 1.57. The molecule has 0 N–H and O–H groups in total. The minimum atomic E-state index is -0.297. The van der Waals surface area contributed by atoms with Gasteiger partial charge < -0.3 is 9.47 Å². The maximum Gasteiger partial charge on any atom is 0.293 e. The number of carbonyl (C=O) groups is 2. The van der Waals surface area contributed by atoms with Crippen LogP contribution < -0.4 is 9.47 Å². The Morgan fingerprint density at radius 3 is 2.56 bits per heavy atom. The van der Waals surface area contributed by atoms with E-state index in [1.807, 2.05) is 43.3 Å². The average Bonchev–Trinajstić information content (AvgIpc) is 2.92. The minimum absolute atomic E-state index is 0.259. The molecule has 2 aromatic rings. The number of nitrogens with zero attached hydrogens (tertiary/aromatic N) is 1. The Balaban J connectivity index is 1.87. The summed E-state index contributed by atoms with van der Waals surface area (Å²) in [5.74, 6) is 0.851. The maximum atomic E-state index is 12.8. The highest BCUT2D eigenvalue weighted by atomic mass is 127. The number of thioether (sulfide) groups is 1. The number of methoxy groups -OCH3 is 1. The first-order valence-corrected chi connectivity index (χ1v) is 10.2. The van der Waals surface area contributed by atoms with Crippen molar-refractivity contribution in [2.45, 2.75) is 13.5 Å². The Kier molecular flexibility index (Phi) is 6.43. The standard InChI is InChI=1S/C20H18INO4S/c1-3-26-18-14(5-4-6-16(18)25-2)11-17-19(23)22(20(24)27-17)12-13-7-9-15(21)10-8-13/h4-11H,3,12H2,1-2H3/b17-11+. The summed E-state index contributed by atoms with van der Waals surface area (Å²) in [5.41, 5.74) is 1.62. The number of hydrogen-bond donors (Lipinski definition) is 0. The van der Waals surface area contributed by atoms with Gasteiger partial charge in [-0.2, -0.15) is 0 Å². The summed E-state index contributed by atoms with van der Waals surface area (Å²) in [5, 5.41) is -0.273. The van der Waals surface area contributed by atoms with Crippen molar-refractivity contribution in [3.05, 3.63) is 62.1 Å². The predicted molar refractivity (Wildman–Crippen MR) is 115 cm³/mol. The molecule has 0 radical (unpaired) electrons. The Hall–Kier alpha value is -2.00. The molecule has 0 unspecified atom stereocenters. The van der Waals surface area contributed by atoms with Gasteiger partial charge in [-0.1, -0.05) is 24.3 Å². The molecule has 1 heterocycles. The molecule has 27 heavy (non-hydrogen) atoms. The molecule has 0 spiro atoms. The molecule has 1 aliphatic heterocycles. The van der Waals surface area contributed by atoms with E-state index < -0.39 is 0 Å². The van der Waals surface area contributed by atoms with Gasteiger partial charge in [-0.15, -0.1) is 0 Å². The molecule has 0 atom stereocenters. The van der Waals surface area contributed by atoms with Crippen molar-refractivity contribution in [2.75, 3.05) is 13.7 Å². The van der Waals surface area contributed by atoms with Crippen LogP contribution in [0.2, 0.25) is 0 Å². The van der Waals surface area contributed by atoms with E-state index in [1.54, 1.807) is 19.3 Å². The summed E-state index contributed by atoms with van der Waals surface area (Å²) >= 11 is 3.16. The zero-order valence-corrected chi connectivity index (χ0v) is 17.9. The second-order valence-electron chi connectivity index (χ2n) is 5.71. The zero-order valence-electron chi connectivity index (χ0n) is 14.9. The molecule has 1 fully saturated rings. The fraction of sp³-hybridized carbons (Fsp3) is 0.200. The summed E-state index contributed by atoms with van der Waals surface area (Å²) < 4.78 is 12.1. The Morgan fingerprint density at radius 2 is 1.89 bits per heavy atom. The van der Waals surface area contributed by atoms with Crippen LogP contribution >= 0.6 is 34.4 Å². The van der Waals surface area contributed by atoms with Crippen molar-refractivity contribution < 1.29 is 19.1 Å². The first kappa shape index (κ1) is 19.8. The summed E-state index contributed by atoms with van der Waals surface area (Å²) in [6.45, 7) is 2.61. The Bertz CT molecular complexity index is 895. The van der Waals surface area contributed by atoms with Crippen LogP contribution in [0.15, 0.2) is 47.4 Å². The van der Waals surface area contributed by atoms with Crippen molar-refractivity contribution in [1.82, 2.24) is 4.90 Å². The number of hydrogen-bond acceptors (Lipinski definition) is 5.